The second-order valence-corrected chi connectivity index (χ2v) is 6.18. The van der Waals surface area contributed by atoms with Crippen LogP contribution in [0.25, 0.3) is 0 Å². The Morgan fingerprint density at radius 2 is 2.19 bits per heavy atom. The Hall–Kier alpha value is -1.33. The predicted molar refractivity (Wildman–Crippen MR) is 86.1 cm³/mol. The van der Waals surface area contributed by atoms with E-state index in [0.717, 1.165) is 25.1 Å². The molecule has 0 bridgehead atoms. The Bertz CT molecular complexity index is 556. The van der Waals surface area contributed by atoms with Crippen LogP contribution in [0.4, 0.5) is 4.39 Å². The summed E-state index contributed by atoms with van der Waals surface area (Å²) in [5, 5.41) is 7.74. The van der Waals surface area contributed by atoms with Gasteiger partial charge in [-0.3, -0.25) is 4.68 Å². The summed E-state index contributed by atoms with van der Waals surface area (Å²) in [5.41, 5.74) is 1.21. The van der Waals surface area contributed by atoms with Gasteiger partial charge in [0, 0.05) is 29.9 Å². The van der Waals surface area contributed by atoms with Crippen molar-refractivity contribution in [3.05, 3.63) is 48.0 Å². The number of hydrogen-bond acceptors (Lipinski definition) is 3. The fourth-order valence-electron chi connectivity index (χ4n) is 2.15. The van der Waals surface area contributed by atoms with Gasteiger partial charge < -0.3 is 5.32 Å². The van der Waals surface area contributed by atoms with Crippen LogP contribution in [0.1, 0.15) is 18.9 Å². The smallest absolute Gasteiger partial charge is 0.136 e. The molecule has 114 valence electrons. The molecule has 0 aliphatic heterocycles. The SMILES string of the molecule is CCCNC(CSc1ccccc1F)Cc1cnn(C)c1. The van der Waals surface area contributed by atoms with Crippen LogP contribution in [0.3, 0.4) is 0 Å². The monoisotopic (exact) mass is 307 g/mol. The topological polar surface area (TPSA) is 29.9 Å². The van der Waals surface area contributed by atoms with Gasteiger partial charge in [-0.05, 0) is 37.1 Å². The fourth-order valence-corrected chi connectivity index (χ4v) is 3.15. The number of hydrogen-bond donors (Lipinski definition) is 1. The molecule has 1 N–H and O–H groups in total. The lowest BCUT2D eigenvalue weighted by Gasteiger charge is -2.17. The highest BCUT2D eigenvalue weighted by Crippen LogP contribution is 2.22. The number of nitrogens with zero attached hydrogens (tertiary/aromatic N) is 2. The van der Waals surface area contributed by atoms with Crippen molar-refractivity contribution in [2.75, 3.05) is 12.3 Å². The van der Waals surface area contributed by atoms with Gasteiger partial charge in [0.25, 0.3) is 0 Å². The molecule has 0 saturated carbocycles. The molecule has 2 rings (SSSR count). The summed E-state index contributed by atoms with van der Waals surface area (Å²) in [5.74, 6) is 0.702. The maximum absolute atomic E-state index is 13.7. The van der Waals surface area contributed by atoms with E-state index in [9.17, 15) is 4.39 Å². The van der Waals surface area contributed by atoms with Crippen LogP contribution in [-0.4, -0.2) is 28.1 Å². The van der Waals surface area contributed by atoms with Crippen molar-refractivity contribution in [2.24, 2.45) is 7.05 Å². The summed E-state index contributed by atoms with van der Waals surface area (Å²) in [6, 6.07) is 7.26. The van der Waals surface area contributed by atoms with E-state index in [1.165, 1.54) is 11.6 Å². The van der Waals surface area contributed by atoms with Crippen LogP contribution in [0.15, 0.2) is 41.6 Å². The minimum Gasteiger partial charge on any atom is -0.313 e. The summed E-state index contributed by atoms with van der Waals surface area (Å²) in [7, 11) is 1.92. The van der Waals surface area contributed by atoms with Gasteiger partial charge >= 0.3 is 0 Å². The van der Waals surface area contributed by atoms with E-state index in [1.54, 1.807) is 17.8 Å². The highest BCUT2D eigenvalue weighted by Gasteiger charge is 2.12. The first-order chi connectivity index (χ1) is 10.2. The van der Waals surface area contributed by atoms with Crippen molar-refractivity contribution in [3.8, 4) is 0 Å². The summed E-state index contributed by atoms with van der Waals surface area (Å²) < 4.78 is 15.5. The molecule has 5 heteroatoms. The van der Waals surface area contributed by atoms with Crippen molar-refractivity contribution in [3.63, 3.8) is 0 Å². The van der Waals surface area contributed by atoms with E-state index in [4.69, 9.17) is 0 Å². The molecular weight excluding hydrogens is 285 g/mol. The number of thioether (sulfide) groups is 1. The fraction of sp³-hybridized carbons (Fsp3) is 0.438. The van der Waals surface area contributed by atoms with E-state index in [1.807, 2.05) is 36.3 Å². The Morgan fingerprint density at radius 3 is 2.86 bits per heavy atom. The maximum Gasteiger partial charge on any atom is 0.136 e. The predicted octanol–water partition coefficient (Wildman–Crippen LogP) is 3.26. The Morgan fingerprint density at radius 1 is 1.38 bits per heavy atom. The number of aromatic nitrogens is 2. The minimum absolute atomic E-state index is 0.141. The third kappa shape index (κ3) is 5.17. The van der Waals surface area contributed by atoms with E-state index in [-0.39, 0.29) is 5.82 Å². The normalized spacial score (nSPS) is 12.5. The largest absolute Gasteiger partial charge is 0.313 e. The Labute approximate surface area is 129 Å². The summed E-state index contributed by atoms with van der Waals surface area (Å²) in [4.78, 5) is 0.715. The van der Waals surface area contributed by atoms with Crippen LogP contribution in [-0.2, 0) is 13.5 Å². The molecule has 0 spiro atoms. The zero-order valence-corrected chi connectivity index (χ0v) is 13.4. The molecule has 1 aromatic heterocycles. The molecule has 0 aliphatic carbocycles. The molecule has 0 aliphatic rings. The first-order valence-corrected chi connectivity index (χ1v) is 8.26. The molecule has 0 amide bonds. The molecule has 0 radical (unpaired) electrons. The van der Waals surface area contributed by atoms with Crippen LogP contribution in [0, 0.1) is 5.82 Å². The molecule has 1 atom stereocenters. The minimum atomic E-state index is -0.141. The van der Waals surface area contributed by atoms with E-state index in [2.05, 4.69) is 17.3 Å². The van der Waals surface area contributed by atoms with Crippen LogP contribution >= 0.6 is 11.8 Å². The average molecular weight is 307 g/mol. The third-order valence-corrected chi connectivity index (χ3v) is 4.41. The summed E-state index contributed by atoms with van der Waals surface area (Å²) in [6.45, 7) is 3.13. The number of aryl methyl sites for hydroxylation is 1. The molecule has 3 nitrogen and oxygen atoms in total. The quantitative estimate of drug-likeness (QED) is 0.759. The molecular formula is C16H22FN3S. The highest BCUT2D eigenvalue weighted by atomic mass is 32.2. The van der Waals surface area contributed by atoms with Crippen molar-refractivity contribution >= 4 is 11.8 Å². The van der Waals surface area contributed by atoms with Gasteiger partial charge in [0.05, 0.1) is 6.20 Å². The zero-order valence-electron chi connectivity index (χ0n) is 12.6. The summed E-state index contributed by atoms with van der Waals surface area (Å²) >= 11 is 1.57. The van der Waals surface area contributed by atoms with Crippen molar-refractivity contribution in [2.45, 2.75) is 30.7 Å². The zero-order chi connectivity index (χ0) is 15.1. The average Bonchev–Trinajstić information content (AvgIpc) is 2.88. The van der Waals surface area contributed by atoms with E-state index in [0.29, 0.717) is 10.9 Å². The van der Waals surface area contributed by atoms with Crippen LogP contribution in [0.5, 0.6) is 0 Å². The Balaban J connectivity index is 1.94. The van der Waals surface area contributed by atoms with Gasteiger partial charge in [0.1, 0.15) is 5.82 Å². The van der Waals surface area contributed by atoms with Gasteiger partial charge in [-0.2, -0.15) is 5.10 Å². The van der Waals surface area contributed by atoms with Gasteiger partial charge in [0.2, 0.25) is 0 Å². The number of nitrogens with one attached hydrogen (secondary N) is 1. The highest BCUT2D eigenvalue weighted by molar-refractivity contribution is 7.99. The molecule has 0 fully saturated rings. The molecule has 1 aromatic carbocycles. The van der Waals surface area contributed by atoms with Crippen molar-refractivity contribution < 1.29 is 4.39 Å². The number of rotatable bonds is 8. The lowest BCUT2D eigenvalue weighted by molar-refractivity contribution is 0.549. The van der Waals surface area contributed by atoms with Crippen LogP contribution < -0.4 is 5.32 Å². The number of benzene rings is 1. The van der Waals surface area contributed by atoms with Gasteiger partial charge in [-0.1, -0.05) is 19.1 Å². The van der Waals surface area contributed by atoms with E-state index < -0.39 is 0 Å². The molecule has 2 aromatic rings. The third-order valence-electron chi connectivity index (χ3n) is 3.20. The van der Waals surface area contributed by atoms with Crippen LogP contribution in [0.2, 0.25) is 0 Å². The standard InChI is InChI=1S/C16H22FN3S/c1-3-8-18-14(9-13-10-19-20(2)11-13)12-21-16-7-5-4-6-15(16)17/h4-7,10-11,14,18H,3,8-9,12H2,1-2H3. The molecule has 1 unspecified atom stereocenters. The Kier molecular flexibility index (Phi) is 6.26. The van der Waals surface area contributed by atoms with Gasteiger partial charge in [-0.25, -0.2) is 4.39 Å². The second-order valence-electron chi connectivity index (χ2n) is 5.12. The van der Waals surface area contributed by atoms with Gasteiger partial charge in [-0.15, -0.1) is 11.8 Å². The molecule has 1 heterocycles. The lowest BCUT2D eigenvalue weighted by Crippen LogP contribution is -2.34. The maximum atomic E-state index is 13.7. The van der Waals surface area contributed by atoms with Crippen molar-refractivity contribution in [1.82, 2.24) is 15.1 Å². The first kappa shape index (κ1) is 16.0. The number of halogens is 1. The molecule has 21 heavy (non-hydrogen) atoms. The second kappa shape index (κ2) is 8.20. The van der Waals surface area contributed by atoms with Gasteiger partial charge in [0.15, 0.2) is 0 Å². The summed E-state index contributed by atoms with van der Waals surface area (Å²) in [6.07, 6.45) is 5.94. The van der Waals surface area contributed by atoms with Crippen molar-refractivity contribution in [1.29, 1.82) is 0 Å². The molecule has 0 saturated heterocycles. The lowest BCUT2D eigenvalue weighted by atomic mass is 10.1. The first-order valence-electron chi connectivity index (χ1n) is 7.27. The van der Waals surface area contributed by atoms with E-state index >= 15 is 0 Å².